The molecule has 44 heavy (non-hydrogen) atoms. The maximum atomic E-state index is 4.50. The molecule has 0 heterocycles. The third-order valence-corrected chi connectivity index (χ3v) is 9.69. The lowest BCUT2D eigenvalue weighted by atomic mass is 9.81. The zero-order valence-electron chi connectivity index (χ0n) is 24.2. The van der Waals surface area contributed by atoms with E-state index in [-0.39, 0.29) is 0 Å². The Morgan fingerprint density at radius 2 is 0.500 bits per heavy atom. The molecule has 8 rings (SSSR count). The highest BCUT2D eigenvalue weighted by Gasteiger charge is 2.22. The molecule has 0 fully saturated rings. The normalized spacial score (nSPS) is 11.6. The van der Waals surface area contributed by atoms with Crippen molar-refractivity contribution in [2.75, 3.05) is 0 Å². The molecule has 0 saturated carbocycles. The molecule has 210 valence electrons. The Hall–Kier alpha value is -4.50. The molecule has 8 aromatic carbocycles. The second-order valence-electron chi connectivity index (χ2n) is 11.4. The highest BCUT2D eigenvalue weighted by molar-refractivity contribution is 7.79. The van der Waals surface area contributed by atoms with Crippen molar-refractivity contribution in [3.05, 3.63) is 157 Å². The topological polar surface area (TPSA) is 0 Å². The minimum atomic E-state index is 0.732. The summed E-state index contributed by atoms with van der Waals surface area (Å²) in [7, 11) is 0. The van der Waals surface area contributed by atoms with Gasteiger partial charge in [0.25, 0.3) is 0 Å². The maximum Gasteiger partial charge on any atom is 0.0154 e. The Balaban J connectivity index is 1.54. The largest absolute Gasteiger partial charge is 0.175 e. The van der Waals surface area contributed by atoms with Crippen LogP contribution in [-0.4, -0.2) is 0 Å². The van der Waals surface area contributed by atoms with Gasteiger partial charge in [-0.05, 0) is 87.6 Å². The smallest absolute Gasteiger partial charge is 0.0154 e. The summed E-state index contributed by atoms with van der Waals surface area (Å²) in [6, 6.07) is 53.5. The van der Waals surface area contributed by atoms with Gasteiger partial charge in [-0.15, -0.1) is 0 Å². The molecule has 0 unspecified atom stereocenters. The van der Waals surface area contributed by atoms with Crippen LogP contribution in [0.4, 0.5) is 0 Å². The monoisotopic (exact) mass is 598 g/mol. The summed E-state index contributed by atoms with van der Waals surface area (Å²) >= 11 is 9.00. The molecule has 0 bridgehead atoms. The quantitative estimate of drug-likeness (QED) is 0.143. The lowest BCUT2D eigenvalue weighted by Crippen LogP contribution is -1.94. The SMILES string of the molecule is SCc1ccc(-c2c3ccccc3c(-c3c4ccccc4c(-c4ccc(CS)cc4)c4ccccc34)c3ccccc23)cc1. The molecule has 0 saturated heterocycles. The van der Waals surface area contributed by atoms with Gasteiger partial charge in [0.2, 0.25) is 0 Å². The third-order valence-electron chi connectivity index (χ3n) is 8.96. The van der Waals surface area contributed by atoms with Gasteiger partial charge in [-0.3, -0.25) is 0 Å². The van der Waals surface area contributed by atoms with Crippen molar-refractivity contribution in [1.82, 2.24) is 0 Å². The first-order valence-corrected chi connectivity index (χ1v) is 16.3. The lowest BCUT2D eigenvalue weighted by Gasteiger charge is -2.22. The van der Waals surface area contributed by atoms with E-state index in [1.54, 1.807) is 0 Å². The Morgan fingerprint density at radius 3 is 0.727 bits per heavy atom. The molecule has 0 atom stereocenters. The summed E-state index contributed by atoms with van der Waals surface area (Å²) in [4.78, 5) is 0. The van der Waals surface area contributed by atoms with Gasteiger partial charge < -0.3 is 0 Å². The van der Waals surface area contributed by atoms with Gasteiger partial charge in [0.05, 0.1) is 0 Å². The number of rotatable bonds is 5. The van der Waals surface area contributed by atoms with Gasteiger partial charge in [-0.1, -0.05) is 146 Å². The Bertz CT molecular complexity index is 2050. The van der Waals surface area contributed by atoms with E-state index >= 15 is 0 Å². The molecule has 8 aromatic rings. The number of benzene rings is 8. The molecular weight excluding hydrogens is 569 g/mol. The summed E-state index contributed by atoms with van der Waals surface area (Å²) in [5, 5.41) is 10.1. The Kier molecular flexibility index (Phi) is 6.90. The van der Waals surface area contributed by atoms with Crippen LogP contribution in [0.5, 0.6) is 0 Å². The molecule has 0 aliphatic rings. The van der Waals surface area contributed by atoms with E-state index < -0.39 is 0 Å². The van der Waals surface area contributed by atoms with Crippen LogP contribution in [-0.2, 0) is 11.5 Å². The van der Waals surface area contributed by atoms with Crippen LogP contribution in [0.1, 0.15) is 11.1 Å². The maximum absolute atomic E-state index is 4.50. The van der Waals surface area contributed by atoms with Crippen LogP contribution >= 0.6 is 25.3 Å². The molecule has 0 nitrogen and oxygen atoms in total. The number of hydrogen-bond acceptors (Lipinski definition) is 2. The molecule has 0 aliphatic heterocycles. The van der Waals surface area contributed by atoms with Gasteiger partial charge in [-0.2, -0.15) is 25.3 Å². The van der Waals surface area contributed by atoms with Gasteiger partial charge in [0, 0.05) is 11.5 Å². The van der Waals surface area contributed by atoms with Gasteiger partial charge in [-0.25, -0.2) is 0 Å². The zero-order chi connectivity index (χ0) is 29.6. The number of hydrogen-bond donors (Lipinski definition) is 2. The summed E-state index contributed by atoms with van der Waals surface area (Å²) in [6.45, 7) is 0. The highest BCUT2D eigenvalue weighted by atomic mass is 32.1. The number of fused-ring (bicyclic) bond motifs is 4. The summed E-state index contributed by atoms with van der Waals surface area (Å²) in [6.07, 6.45) is 0. The third kappa shape index (κ3) is 4.32. The van der Waals surface area contributed by atoms with Crippen LogP contribution in [0.3, 0.4) is 0 Å². The summed E-state index contributed by atoms with van der Waals surface area (Å²) < 4.78 is 0. The van der Waals surface area contributed by atoms with E-state index in [1.807, 2.05) is 0 Å². The molecule has 0 aliphatic carbocycles. The van der Waals surface area contributed by atoms with Crippen molar-refractivity contribution in [3.63, 3.8) is 0 Å². The van der Waals surface area contributed by atoms with E-state index in [2.05, 4.69) is 171 Å². The van der Waals surface area contributed by atoms with E-state index in [9.17, 15) is 0 Å². The molecular formula is C42H30S2. The number of thiol groups is 2. The van der Waals surface area contributed by atoms with Crippen LogP contribution in [0, 0.1) is 0 Å². The van der Waals surface area contributed by atoms with Crippen molar-refractivity contribution in [2.45, 2.75) is 11.5 Å². The average Bonchev–Trinajstić information content (AvgIpc) is 3.10. The average molecular weight is 599 g/mol. The van der Waals surface area contributed by atoms with Crippen LogP contribution < -0.4 is 0 Å². The first-order valence-electron chi connectivity index (χ1n) is 15.0. The molecule has 0 aromatic heterocycles. The minimum absolute atomic E-state index is 0.732. The van der Waals surface area contributed by atoms with E-state index in [4.69, 9.17) is 0 Å². The fourth-order valence-corrected chi connectivity index (χ4v) is 7.39. The first kappa shape index (κ1) is 27.1. The molecule has 0 radical (unpaired) electrons. The standard InChI is InChI=1S/C42H30S2/c43-25-27-17-21-29(22-18-27)39-31-9-1-5-13-35(31)41(36-14-6-2-10-32(36)39)42-37-15-7-3-11-33(37)40(34-12-4-8-16-38(34)42)30-23-19-28(26-44)20-24-30/h1-24,43-44H,25-26H2. The summed E-state index contributed by atoms with van der Waals surface area (Å²) in [5.74, 6) is 1.46. The zero-order valence-corrected chi connectivity index (χ0v) is 26.0. The Labute approximate surface area is 268 Å². The van der Waals surface area contributed by atoms with Gasteiger partial charge >= 0.3 is 0 Å². The van der Waals surface area contributed by atoms with Crippen LogP contribution in [0.2, 0.25) is 0 Å². The van der Waals surface area contributed by atoms with Crippen LogP contribution in [0.25, 0.3) is 76.5 Å². The van der Waals surface area contributed by atoms with E-state index in [1.165, 1.54) is 87.6 Å². The fraction of sp³-hybridized carbons (Fsp3) is 0.0476. The van der Waals surface area contributed by atoms with Crippen LogP contribution in [0.15, 0.2) is 146 Å². The van der Waals surface area contributed by atoms with Gasteiger partial charge in [0.15, 0.2) is 0 Å². The van der Waals surface area contributed by atoms with Crippen molar-refractivity contribution in [3.8, 4) is 33.4 Å². The van der Waals surface area contributed by atoms with Crippen molar-refractivity contribution < 1.29 is 0 Å². The second kappa shape index (κ2) is 11.2. The Morgan fingerprint density at radius 1 is 0.273 bits per heavy atom. The summed E-state index contributed by atoms with van der Waals surface area (Å²) in [5.41, 5.74) is 10.0. The molecule has 0 spiro atoms. The van der Waals surface area contributed by atoms with E-state index in [0.717, 1.165) is 11.5 Å². The molecule has 0 N–H and O–H groups in total. The van der Waals surface area contributed by atoms with Gasteiger partial charge in [0.1, 0.15) is 0 Å². The molecule has 2 heteroatoms. The first-order chi connectivity index (χ1) is 21.8. The van der Waals surface area contributed by atoms with E-state index in [0.29, 0.717) is 0 Å². The van der Waals surface area contributed by atoms with Crippen molar-refractivity contribution in [1.29, 1.82) is 0 Å². The van der Waals surface area contributed by atoms with Crippen molar-refractivity contribution in [2.24, 2.45) is 0 Å². The van der Waals surface area contributed by atoms with Crippen molar-refractivity contribution >= 4 is 68.3 Å². The molecule has 0 amide bonds. The minimum Gasteiger partial charge on any atom is -0.175 e. The predicted octanol–water partition coefficient (Wildman–Crippen LogP) is 12.2. The highest BCUT2D eigenvalue weighted by Crippen LogP contribution is 2.49. The predicted molar refractivity (Wildman–Crippen MR) is 198 cm³/mol. The fourth-order valence-electron chi connectivity index (χ4n) is 6.97. The second-order valence-corrected chi connectivity index (χ2v) is 12.0. The lowest BCUT2D eigenvalue weighted by molar-refractivity contribution is 1.43.